The maximum absolute atomic E-state index is 12.6. The van der Waals surface area contributed by atoms with Gasteiger partial charge in [-0.3, -0.25) is 29.4 Å². The second-order valence-corrected chi connectivity index (χ2v) is 7.83. The summed E-state index contributed by atoms with van der Waals surface area (Å²) in [4.78, 5) is 49.8. The summed E-state index contributed by atoms with van der Waals surface area (Å²) >= 11 is 1.34. The zero-order valence-electron chi connectivity index (χ0n) is 15.1. The van der Waals surface area contributed by atoms with Gasteiger partial charge >= 0.3 is 0 Å². The number of fused-ring (bicyclic) bond motifs is 2. The number of nitrogens with zero attached hydrogens (tertiary/aromatic N) is 3. The highest BCUT2D eigenvalue weighted by atomic mass is 32.1. The van der Waals surface area contributed by atoms with E-state index in [9.17, 15) is 29.8 Å². The molecule has 0 spiro atoms. The number of hydrogen-bond acceptors (Lipinski definition) is 7. The molecule has 4 rings (SSSR count). The van der Waals surface area contributed by atoms with E-state index in [2.05, 4.69) is 11.4 Å². The van der Waals surface area contributed by atoms with Gasteiger partial charge in [-0.2, -0.15) is 5.26 Å². The van der Waals surface area contributed by atoms with Gasteiger partial charge in [0.2, 0.25) is 5.91 Å². The predicted octanol–water partition coefficient (Wildman–Crippen LogP) is 2.64. The third-order valence-electron chi connectivity index (χ3n) is 5.01. The second-order valence-electron chi connectivity index (χ2n) is 6.73. The smallest absolute Gasteiger partial charge is 0.282 e. The van der Waals surface area contributed by atoms with E-state index >= 15 is 0 Å². The predicted molar refractivity (Wildman–Crippen MR) is 103 cm³/mol. The minimum atomic E-state index is -0.876. The molecule has 9 nitrogen and oxygen atoms in total. The topological polar surface area (TPSA) is 133 Å². The number of rotatable bonds is 4. The Morgan fingerprint density at radius 2 is 2.03 bits per heavy atom. The van der Waals surface area contributed by atoms with Crippen molar-refractivity contribution in [2.45, 2.75) is 25.7 Å². The van der Waals surface area contributed by atoms with Crippen molar-refractivity contribution in [1.82, 2.24) is 4.90 Å². The highest BCUT2D eigenvalue weighted by Crippen LogP contribution is 2.37. The molecule has 29 heavy (non-hydrogen) atoms. The van der Waals surface area contributed by atoms with Crippen molar-refractivity contribution in [2.24, 2.45) is 0 Å². The molecule has 0 bridgehead atoms. The Morgan fingerprint density at radius 3 is 2.76 bits per heavy atom. The fraction of sp³-hybridized carbons (Fsp3) is 0.263. The first kappa shape index (κ1) is 18.8. The lowest BCUT2D eigenvalue weighted by Crippen LogP contribution is -2.37. The monoisotopic (exact) mass is 410 g/mol. The van der Waals surface area contributed by atoms with Crippen molar-refractivity contribution in [3.8, 4) is 6.07 Å². The van der Waals surface area contributed by atoms with Gasteiger partial charge in [0.1, 0.15) is 23.2 Å². The summed E-state index contributed by atoms with van der Waals surface area (Å²) in [5.74, 6) is -2.27. The van der Waals surface area contributed by atoms with E-state index in [-0.39, 0.29) is 11.1 Å². The lowest BCUT2D eigenvalue weighted by molar-refractivity contribution is -0.385. The van der Waals surface area contributed by atoms with Crippen LogP contribution in [0.5, 0.6) is 0 Å². The van der Waals surface area contributed by atoms with Crippen LogP contribution in [0.1, 0.15) is 49.6 Å². The Bertz CT molecular complexity index is 1130. The third-order valence-corrected chi connectivity index (χ3v) is 6.22. The first-order valence-electron chi connectivity index (χ1n) is 8.90. The number of nitriles is 1. The van der Waals surface area contributed by atoms with Crippen LogP contribution in [0.15, 0.2) is 18.2 Å². The number of nitrogens with one attached hydrogen (secondary N) is 1. The molecule has 1 aliphatic carbocycles. The van der Waals surface area contributed by atoms with Crippen molar-refractivity contribution < 1.29 is 19.3 Å². The quantitative estimate of drug-likeness (QED) is 0.468. The number of nitro benzene ring substituents is 1. The van der Waals surface area contributed by atoms with E-state index in [0.29, 0.717) is 15.5 Å². The molecule has 0 saturated carbocycles. The highest BCUT2D eigenvalue weighted by molar-refractivity contribution is 7.16. The van der Waals surface area contributed by atoms with Gasteiger partial charge in [-0.05, 0) is 37.3 Å². The Labute approximate surface area is 168 Å². The van der Waals surface area contributed by atoms with E-state index in [1.165, 1.54) is 23.5 Å². The zero-order chi connectivity index (χ0) is 20.7. The molecule has 10 heteroatoms. The zero-order valence-corrected chi connectivity index (χ0v) is 15.9. The van der Waals surface area contributed by atoms with Crippen LogP contribution in [-0.2, 0) is 17.6 Å². The second kappa shape index (κ2) is 7.10. The molecular weight excluding hydrogens is 396 g/mol. The SMILES string of the molecule is N#Cc1c(NC(=O)CN2C(=O)c3cccc([N+](=O)[O-])c3C2=O)sc2c1CCCC2. The molecule has 1 aromatic heterocycles. The molecule has 1 N–H and O–H groups in total. The number of benzene rings is 1. The maximum atomic E-state index is 12.6. The fourth-order valence-corrected chi connectivity index (χ4v) is 4.95. The number of carbonyl (C=O) groups is 3. The van der Waals surface area contributed by atoms with Crippen molar-refractivity contribution >= 4 is 39.7 Å². The Kier molecular flexibility index (Phi) is 4.60. The minimum absolute atomic E-state index is 0.0960. The molecule has 146 valence electrons. The number of amides is 3. The summed E-state index contributed by atoms with van der Waals surface area (Å²) in [7, 11) is 0. The molecule has 1 aliphatic heterocycles. The number of hydrogen-bond donors (Lipinski definition) is 1. The van der Waals surface area contributed by atoms with Gasteiger partial charge in [-0.25, -0.2) is 0 Å². The van der Waals surface area contributed by atoms with Crippen LogP contribution < -0.4 is 5.32 Å². The van der Waals surface area contributed by atoms with Gasteiger partial charge in [0.15, 0.2) is 0 Å². The first-order chi connectivity index (χ1) is 13.9. The number of nitro groups is 1. The van der Waals surface area contributed by atoms with Gasteiger partial charge in [0.05, 0.1) is 16.1 Å². The molecule has 1 aromatic carbocycles. The van der Waals surface area contributed by atoms with E-state index < -0.39 is 34.9 Å². The van der Waals surface area contributed by atoms with Crippen LogP contribution in [-0.4, -0.2) is 34.1 Å². The van der Waals surface area contributed by atoms with Gasteiger partial charge in [0, 0.05) is 10.9 Å². The third kappa shape index (κ3) is 3.05. The summed E-state index contributed by atoms with van der Waals surface area (Å²) in [5, 5.41) is 23.7. The van der Waals surface area contributed by atoms with Crippen LogP contribution in [0, 0.1) is 21.4 Å². The fourth-order valence-electron chi connectivity index (χ4n) is 3.69. The van der Waals surface area contributed by atoms with Gasteiger partial charge in [0.25, 0.3) is 17.5 Å². The van der Waals surface area contributed by atoms with Crippen molar-refractivity contribution in [1.29, 1.82) is 5.26 Å². The Morgan fingerprint density at radius 1 is 1.28 bits per heavy atom. The summed E-state index contributed by atoms with van der Waals surface area (Å²) in [6, 6.07) is 5.91. The number of thiophene rings is 1. The summed E-state index contributed by atoms with van der Waals surface area (Å²) in [5.41, 5.74) is 0.508. The number of imide groups is 1. The molecular formula is C19H14N4O5S. The van der Waals surface area contributed by atoms with E-state index in [1.807, 2.05) is 0 Å². The van der Waals surface area contributed by atoms with Crippen LogP contribution in [0.2, 0.25) is 0 Å². The van der Waals surface area contributed by atoms with Gasteiger partial charge in [-0.1, -0.05) is 6.07 Å². The normalized spacial score (nSPS) is 14.9. The average molecular weight is 410 g/mol. The first-order valence-corrected chi connectivity index (χ1v) is 9.72. The minimum Gasteiger partial charge on any atom is -0.315 e. The molecule has 2 heterocycles. The Hall–Kier alpha value is -3.58. The molecule has 0 atom stereocenters. The molecule has 0 unspecified atom stereocenters. The molecule has 0 radical (unpaired) electrons. The largest absolute Gasteiger partial charge is 0.315 e. The number of anilines is 1. The van der Waals surface area contributed by atoms with Crippen LogP contribution >= 0.6 is 11.3 Å². The van der Waals surface area contributed by atoms with Gasteiger partial charge < -0.3 is 5.32 Å². The van der Waals surface area contributed by atoms with Gasteiger partial charge in [-0.15, -0.1) is 11.3 Å². The number of carbonyl (C=O) groups excluding carboxylic acids is 3. The van der Waals surface area contributed by atoms with Crippen molar-refractivity contribution in [3.05, 3.63) is 55.4 Å². The average Bonchev–Trinajstić information content (AvgIpc) is 3.17. The molecule has 2 aromatic rings. The van der Waals surface area contributed by atoms with Crippen molar-refractivity contribution in [3.63, 3.8) is 0 Å². The molecule has 0 fully saturated rings. The molecule has 0 saturated heterocycles. The summed E-state index contributed by atoms with van der Waals surface area (Å²) in [6.45, 7) is -0.586. The maximum Gasteiger partial charge on any atom is 0.282 e. The lowest BCUT2D eigenvalue weighted by Gasteiger charge is -2.13. The standard InChI is InChI=1S/C19H14N4O5S/c20-8-12-10-4-1-2-7-14(10)29-17(12)21-15(24)9-22-18(25)11-5-3-6-13(23(27)28)16(11)19(22)26/h3,5-6H,1-2,4,7,9H2,(H,21,24). The Balaban J connectivity index is 1.56. The van der Waals surface area contributed by atoms with Crippen molar-refractivity contribution in [2.75, 3.05) is 11.9 Å². The van der Waals surface area contributed by atoms with Crippen LogP contribution in [0.4, 0.5) is 10.7 Å². The lowest BCUT2D eigenvalue weighted by atomic mass is 9.96. The highest BCUT2D eigenvalue weighted by Gasteiger charge is 2.41. The van der Waals surface area contributed by atoms with E-state index in [4.69, 9.17) is 0 Å². The molecule has 3 amide bonds. The van der Waals surface area contributed by atoms with E-state index in [1.54, 1.807) is 0 Å². The summed E-state index contributed by atoms with van der Waals surface area (Å²) in [6.07, 6.45) is 3.65. The summed E-state index contributed by atoms with van der Waals surface area (Å²) < 4.78 is 0. The number of aryl methyl sites for hydroxylation is 1. The molecule has 2 aliphatic rings. The van der Waals surface area contributed by atoms with Crippen LogP contribution in [0.3, 0.4) is 0 Å². The van der Waals surface area contributed by atoms with E-state index in [0.717, 1.165) is 42.2 Å². The van der Waals surface area contributed by atoms with Crippen LogP contribution in [0.25, 0.3) is 0 Å².